The van der Waals surface area contributed by atoms with Crippen LogP contribution >= 0.6 is 12.4 Å². The van der Waals surface area contributed by atoms with E-state index in [1.807, 2.05) is 17.1 Å². The monoisotopic (exact) mass is 311 g/mol. The van der Waals surface area contributed by atoms with E-state index >= 15 is 0 Å². The van der Waals surface area contributed by atoms with Crippen LogP contribution in [0.1, 0.15) is 56.7 Å². The van der Waals surface area contributed by atoms with Crippen molar-refractivity contribution in [1.82, 2.24) is 24.9 Å². The van der Waals surface area contributed by atoms with Gasteiger partial charge in [-0.2, -0.15) is 10.2 Å². The van der Waals surface area contributed by atoms with E-state index in [4.69, 9.17) is 0 Å². The number of rotatable bonds is 6. The van der Waals surface area contributed by atoms with Crippen molar-refractivity contribution >= 4 is 12.4 Å². The Labute approximate surface area is 133 Å². The lowest BCUT2D eigenvalue weighted by molar-refractivity contribution is 0.516. The molecular weight excluding hydrogens is 286 g/mol. The summed E-state index contributed by atoms with van der Waals surface area (Å²) in [5.74, 6) is 0. The molecule has 0 saturated carbocycles. The van der Waals surface area contributed by atoms with Gasteiger partial charge in [0, 0.05) is 42.6 Å². The summed E-state index contributed by atoms with van der Waals surface area (Å²) in [7, 11) is 0. The number of hydrogen-bond acceptors (Lipinski definition) is 3. The molecule has 118 valence electrons. The molecule has 2 rings (SSSR count). The predicted molar refractivity (Wildman–Crippen MR) is 87.8 cm³/mol. The SMILES string of the molecule is Cc1c(CNCc2ccn(C(C)C)n2)cnn1C(C)C.Cl. The number of hydrogen-bond donors (Lipinski definition) is 1. The average molecular weight is 312 g/mol. The summed E-state index contributed by atoms with van der Waals surface area (Å²) >= 11 is 0. The van der Waals surface area contributed by atoms with E-state index in [1.54, 1.807) is 0 Å². The molecule has 2 aromatic rings. The molecule has 0 bridgehead atoms. The van der Waals surface area contributed by atoms with Gasteiger partial charge in [0.2, 0.25) is 0 Å². The van der Waals surface area contributed by atoms with Gasteiger partial charge in [-0.05, 0) is 40.7 Å². The maximum Gasteiger partial charge on any atom is 0.0762 e. The molecule has 0 spiro atoms. The number of nitrogens with zero attached hydrogens (tertiary/aromatic N) is 4. The Hall–Kier alpha value is -1.33. The fourth-order valence-corrected chi connectivity index (χ4v) is 2.24. The molecular formula is C15H26ClN5. The Balaban J connectivity index is 0.00000220. The highest BCUT2D eigenvalue weighted by Crippen LogP contribution is 2.12. The van der Waals surface area contributed by atoms with Crippen LogP contribution in [-0.2, 0) is 13.1 Å². The summed E-state index contributed by atoms with van der Waals surface area (Å²) in [4.78, 5) is 0. The third-order valence-electron chi connectivity index (χ3n) is 3.45. The first kappa shape index (κ1) is 17.7. The highest BCUT2D eigenvalue weighted by molar-refractivity contribution is 5.85. The van der Waals surface area contributed by atoms with Crippen LogP contribution < -0.4 is 5.32 Å². The van der Waals surface area contributed by atoms with Crippen LogP contribution in [0.5, 0.6) is 0 Å². The van der Waals surface area contributed by atoms with Crippen molar-refractivity contribution in [3.63, 3.8) is 0 Å². The standard InChI is InChI=1S/C15H25N5.ClH/c1-11(2)19-7-6-15(18-19)10-16-8-14-9-17-20(12(3)4)13(14)5;/h6-7,9,11-12,16H,8,10H2,1-5H3;1H. The Kier molecular flexibility index (Phi) is 6.42. The van der Waals surface area contributed by atoms with Gasteiger partial charge in [0.25, 0.3) is 0 Å². The third-order valence-corrected chi connectivity index (χ3v) is 3.45. The van der Waals surface area contributed by atoms with Crippen LogP contribution in [0.3, 0.4) is 0 Å². The Morgan fingerprint density at radius 1 is 1.14 bits per heavy atom. The number of nitrogens with one attached hydrogen (secondary N) is 1. The lowest BCUT2D eigenvalue weighted by atomic mass is 10.2. The van der Waals surface area contributed by atoms with Crippen LogP contribution in [0, 0.1) is 6.92 Å². The minimum atomic E-state index is 0. The zero-order valence-corrected chi connectivity index (χ0v) is 14.3. The summed E-state index contributed by atoms with van der Waals surface area (Å²) < 4.78 is 4.05. The van der Waals surface area contributed by atoms with Gasteiger partial charge in [0.15, 0.2) is 0 Å². The first-order chi connectivity index (χ1) is 9.49. The van der Waals surface area contributed by atoms with Gasteiger partial charge in [-0.3, -0.25) is 9.36 Å². The maximum atomic E-state index is 4.53. The van der Waals surface area contributed by atoms with Gasteiger partial charge in [-0.15, -0.1) is 12.4 Å². The fourth-order valence-electron chi connectivity index (χ4n) is 2.24. The van der Waals surface area contributed by atoms with E-state index in [0.29, 0.717) is 12.1 Å². The molecule has 2 aromatic heterocycles. The average Bonchev–Trinajstić information content (AvgIpc) is 2.97. The van der Waals surface area contributed by atoms with Crippen LogP contribution in [-0.4, -0.2) is 19.6 Å². The largest absolute Gasteiger partial charge is 0.307 e. The van der Waals surface area contributed by atoms with Gasteiger partial charge in [0.05, 0.1) is 11.9 Å². The van der Waals surface area contributed by atoms with Crippen molar-refractivity contribution in [2.45, 2.75) is 59.8 Å². The molecule has 0 atom stereocenters. The van der Waals surface area contributed by atoms with Crippen LogP contribution in [0.25, 0.3) is 0 Å². The van der Waals surface area contributed by atoms with Crippen molar-refractivity contribution < 1.29 is 0 Å². The van der Waals surface area contributed by atoms with Crippen LogP contribution in [0.4, 0.5) is 0 Å². The second kappa shape index (κ2) is 7.61. The fraction of sp³-hybridized carbons (Fsp3) is 0.600. The predicted octanol–water partition coefficient (Wildman–Crippen LogP) is 3.26. The van der Waals surface area contributed by atoms with Crippen molar-refractivity contribution in [3.8, 4) is 0 Å². The van der Waals surface area contributed by atoms with Crippen molar-refractivity contribution in [2.75, 3.05) is 0 Å². The molecule has 21 heavy (non-hydrogen) atoms. The summed E-state index contributed by atoms with van der Waals surface area (Å²) in [5.41, 5.74) is 3.56. The minimum Gasteiger partial charge on any atom is -0.307 e. The molecule has 0 fully saturated rings. The first-order valence-corrected chi connectivity index (χ1v) is 7.26. The van der Waals surface area contributed by atoms with E-state index in [2.05, 4.69) is 60.9 Å². The first-order valence-electron chi connectivity index (χ1n) is 7.26. The quantitative estimate of drug-likeness (QED) is 0.890. The van der Waals surface area contributed by atoms with Crippen LogP contribution in [0.2, 0.25) is 0 Å². The molecule has 6 heteroatoms. The van der Waals surface area contributed by atoms with E-state index in [1.165, 1.54) is 11.3 Å². The van der Waals surface area contributed by atoms with E-state index in [9.17, 15) is 0 Å². The zero-order valence-electron chi connectivity index (χ0n) is 13.5. The van der Waals surface area contributed by atoms with E-state index in [-0.39, 0.29) is 12.4 Å². The van der Waals surface area contributed by atoms with Crippen LogP contribution in [0.15, 0.2) is 18.5 Å². The normalized spacial score (nSPS) is 11.2. The molecule has 0 saturated heterocycles. The molecule has 5 nitrogen and oxygen atoms in total. The van der Waals surface area contributed by atoms with E-state index in [0.717, 1.165) is 18.8 Å². The lowest BCUT2D eigenvalue weighted by Gasteiger charge is -2.09. The Morgan fingerprint density at radius 3 is 2.38 bits per heavy atom. The molecule has 2 heterocycles. The minimum absolute atomic E-state index is 0. The van der Waals surface area contributed by atoms with Gasteiger partial charge in [-0.25, -0.2) is 0 Å². The Bertz CT molecular complexity index is 556. The molecule has 0 aliphatic rings. The zero-order chi connectivity index (χ0) is 14.7. The summed E-state index contributed by atoms with van der Waals surface area (Å²) in [6.45, 7) is 12.3. The molecule has 0 aliphatic heterocycles. The van der Waals surface area contributed by atoms with Gasteiger partial charge < -0.3 is 5.32 Å². The highest BCUT2D eigenvalue weighted by Gasteiger charge is 2.08. The Morgan fingerprint density at radius 2 is 1.86 bits per heavy atom. The molecule has 0 aliphatic carbocycles. The second-order valence-corrected chi connectivity index (χ2v) is 5.78. The van der Waals surface area contributed by atoms with Gasteiger partial charge in [0.1, 0.15) is 0 Å². The van der Waals surface area contributed by atoms with Crippen molar-refractivity contribution in [3.05, 3.63) is 35.4 Å². The number of halogens is 1. The summed E-state index contributed by atoms with van der Waals surface area (Å²) in [6.07, 6.45) is 3.98. The highest BCUT2D eigenvalue weighted by atomic mass is 35.5. The summed E-state index contributed by atoms with van der Waals surface area (Å²) in [5, 5.41) is 12.4. The molecule has 0 unspecified atom stereocenters. The third kappa shape index (κ3) is 4.32. The smallest absolute Gasteiger partial charge is 0.0762 e. The van der Waals surface area contributed by atoms with Crippen molar-refractivity contribution in [1.29, 1.82) is 0 Å². The lowest BCUT2D eigenvalue weighted by Crippen LogP contribution is -2.14. The van der Waals surface area contributed by atoms with E-state index < -0.39 is 0 Å². The molecule has 0 radical (unpaired) electrons. The van der Waals surface area contributed by atoms with Gasteiger partial charge >= 0.3 is 0 Å². The summed E-state index contributed by atoms with van der Waals surface area (Å²) in [6, 6.07) is 2.89. The van der Waals surface area contributed by atoms with Crippen molar-refractivity contribution in [2.24, 2.45) is 0 Å². The van der Waals surface area contributed by atoms with Gasteiger partial charge in [-0.1, -0.05) is 0 Å². The second-order valence-electron chi connectivity index (χ2n) is 5.78. The number of aromatic nitrogens is 4. The topological polar surface area (TPSA) is 47.7 Å². The molecule has 0 amide bonds. The molecule has 0 aromatic carbocycles. The maximum absolute atomic E-state index is 4.53. The molecule has 1 N–H and O–H groups in total.